The normalized spacial score (nSPS) is 11.7. The molecular weight excluding hydrogens is 731 g/mol. The van der Waals surface area contributed by atoms with E-state index in [1.54, 1.807) is 0 Å². The standard InChI is InChI=1S/C55H35N5/c1-4-17-37(18-5-1)50-47-29-14-15-30-48(47)55-58-52(57-53(60(50)55)39-19-6-2-7-20-39)38-33-31-36(32-34-38)40-21-16-22-41(35-40)54-56-49-45-27-12-10-25-43(45)44-26-11-13-28-46(44)51(49)59(54)42-23-8-3-9-24-42/h1-35H. The van der Waals surface area contributed by atoms with Crippen LogP contribution in [0.4, 0.5) is 0 Å². The van der Waals surface area contributed by atoms with Crippen LogP contribution in [0.3, 0.4) is 0 Å². The van der Waals surface area contributed by atoms with Crippen LogP contribution in [0, 0.1) is 0 Å². The highest BCUT2D eigenvalue weighted by Gasteiger charge is 2.22. The molecule has 0 bridgehead atoms. The van der Waals surface area contributed by atoms with E-state index in [1.165, 1.54) is 16.2 Å². The fourth-order valence-corrected chi connectivity index (χ4v) is 8.99. The largest absolute Gasteiger partial charge is 0.292 e. The van der Waals surface area contributed by atoms with Crippen LogP contribution in [-0.2, 0) is 0 Å². The Bertz CT molecular complexity index is 3570. The Morgan fingerprint density at radius 1 is 0.317 bits per heavy atom. The summed E-state index contributed by atoms with van der Waals surface area (Å²) in [4.78, 5) is 16.1. The van der Waals surface area contributed by atoms with Crippen LogP contribution in [0.5, 0.6) is 0 Å². The van der Waals surface area contributed by atoms with Gasteiger partial charge in [0.1, 0.15) is 17.3 Å². The van der Waals surface area contributed by atoms with Crippen LogP contribution in [-0.4, -0.2) is 23.9 Å². The van der Waals surface area contributed by atoms with Gasteiger partial charge in [-0.2, -0.15) is 0 Å². The summed E-state index contributed by atoms with van der Waals surface area (Å²) in [6.45, 7) is 0. The molecule has 0 atom stereocenters. The van der Waals surface area contributed by atoms with Gasteiger partial charge in [0.15, 0.2) is 5.82 Å². The number of hydrogen-bond donors (Lipinski definition) is 0. The van der Waals surface area contributed by atoms with Gasteiger partial charge in [0.2, 0.25) is 0 Å². The van der Waals surface area contributed by atoms with E-state index in [1.807, 2.05) is 6.07 Å². The molecular formula is C55H35N5. The molecule has 0 amide bonds. The molecule has 3 heterocycles. The van der Waals surface area contributed by atoms with Gasteiger partial charge in [-0.15, -0.1) is 0 Å². The topological polar surface area (TPSA) is 48.0 Å². The van der Waals surface area contributed by atoms with E-state index in [4.69, 9.17) is 15.0 Å². The number of aromatic nitrogens is 5. The predicted octanol–water partition coefficient (Wildman–Crippen LogP) is 13.9. The third kappa shape index (κ3) is 5.37. The molecule has 5 heteroatoms. The van der Waals surface area contributed by atoms with Crippen LogP contribution < -0.4 is 0 Å². The molecule has 12 rings (SSSR count). The van der Waals surface area contributed by atoms with Crippen molar-refractivity contribution >= 4 is 49.0 Å². The van der Waals surface area contributed by atoms with Gasteiger partial charge in [0.25, 0.3) is 0 Å². The van der Waals surface area contributed by atoms with Crippen molar-refractivity contribution in [2.75, 3.05) is 0 Å². The van der Waals surface area contributed by atoms with E-state index in [9.17, 15) is 0 Å². The van der Waals surface area contributed by atoms with Crippen molar-refractivity contribution in [2.24, 2.45) is 0 Å². The molecule has 0 aliphatic rings. The van der Waals surface area contributed by atoms with E-state index in [0.29, 0.717) is 5.82 Å². The number of benzene rings is 9. The van der Waals surface area contributed by atoms with Crippen LogP contribution in [0.2, 0.25) is 0 Å². The first-order valence-electron chi connectivity index (χ1n) is 20.3. The molecule has 0 aliphatic carbocycles. The van der Waals surface area contributed by atoms with Gasteiger partial charge in [-0.25, -0.2) is 15.0 Å². The van der Waals surface area contributed by atoms with Crippen molar-refractivity contribution < 1.29 is 0 Å². The predicted molar refractivity (Wildman–Crippen MR) is 247 cm³/mol. The highest BCUT2D eigenvalue weighted by molar-refractivity contribution is 6.24. The van der Waals surface area contributed by atoms with Crippen LogP contribution in [0.15, 0.2) is 212 Å². The maximum Gasteiger partial charge on any atom is 0.163 e. The Morgan fingerprint density at radius 2 is 0.850 bits per heavy atom. The number of para-hydroxylation sites is 1. The summed E-state index contributed by atoms with van der Waals surface area (Å²) in [6.07, 6.45) is 0. The lowest BCUT2D eigenvalue weighted by atomic mass is 10.00. The maximum atomic E-state index is 5.47. The lowest BCUT2D eigenvalue weighted by Gasteiger charge is -2.13. The fourth-order valence-electron chi connectivity index (χ4n) is 8.99. The smallest absolute Gasteiger partial charge is 0.163 e. The molecule has 0 saturated carbocycles. The molecule has 0 saturated heterocycles. The van der Waals surface area contributed by atoms with Crippen molar-refractivity contribution in [1.82, 2.24) is 23.9 Å². The fraction of sp³-hybridized carbons (Fsp3) is 0. The molecule has 0 unspecified atom stereocenters. The molecule has 9 aromatic carbocycles. The van der Waals surface area contributed by atoms with Crippen LogP contribution in [0.25, 0.3) is 111 Å². The summed E-state index contributed by atoms with van der Waals surface area (Å²) in [7, 11) is 0. The van der Waals surface area contributed by atoms with Crippen LogP contribution >= 0.6 is 0 Å². The number of hydrogen-bond acceptors (Lipinski definition) is 3. The number of fused-ring (bicyclic) bond motifs is 9. The van der Waals surface area contributed by atoms with E-state index in [0.717, 1.165) is 89.3 Å². The van der Waals surface area contributed by atoms with Crippen molar-refractivity contribution in [2.45, 2.75) is 0 Å². The molecule has 0 radical (unpaired) electrons. The summed E-state index contributed by atoms with van der Waals surface area (Å²) < 4.78 is 4.56. The molecule has 3 aromatic heterocycles. The lowest BCUT2D eigenvalue weighted by molar-refractivity contribution is 1.05. The average molecular weight is 766 g/mol. The third-order valence-corrected chi connectivity index (χ3v) is 11.7. The Labute approximate surface area is 346 Å². The zero-order chi connectivity index (χ0) is 39.6. The highest BCUT2D eigenvalue weighted by atomic mass is 15.1. The molecule has 12 aromatic rings. The molecule has 0 spiro atoms. The monoisotopic (exact) mass is 765 g/mol. The summed E-state index contributed by atoms with van der Waals surface area (Å²) in [5.74, 6) is 2.44. The first-order valence-corrected chi connectivity index (χ1v) is 20.3. The van der Waals surface area contributed by atoms with E-state index >= 15 is 0 Å². The molecule has 60 heavy (non-hydrogen) atoms. The lowest BCUT2D eigenvalue weighted by Crippen LogP contribution is -2.03. The summed E-state index contributed by atoms with van der Waals surface area (Å²) >= 11 is 0. The van der Waals surface area contributed by atoms with Gasteiger partial charge in [-0.1, -0.05) is 194 Å². The van der Waals surface area contributed by atoms with Gasteiger partial charge in [-0.3, -0.25) is 8.97 Å². The SMILES string of the molecule is c1ccc(-c2nc(-c3ccc(-c4cccc(-c5nc6c7ccccc7c7ccccc7c6n5-c5ccccc5)c4)cc3)nc3c4ccccc4c(-c4ccccc4)n23)cc1. The summed E-state index contributed by atoms with van der Waals surface area (Å²) in [5, 5.41) is 6.99. The van der Waals surface area contributed by atoms with Gasteiger partial charge in [-0.05, 0) is 45.7 Å². The molecule has 0 aliphatic heterocycles. The van der Waals surface area contributed by atoms with Gasteiger partial charge in [0.05, 0.1) is 16.7 Å². The number of imidazole rings is 1. The van der Waals surface area contributed by atoms with Gasteiger partial charge < -0.3 is 0 Å². The quantitative estimate of drug-likeness (QED) is 0.158. The minimum Gasteiger partial charge on any atom is -0.292 e. The second-order valence-electron chi connectivity index (χ2n) is 15.2. The Hall–Kier alpha value is -8.15. The Morgan fingerprint density at radius 3 is 1.57 bits per heavy atom. The Balaban J connectivity index is 1.00. The van der Waals surface area contributed by atoms with E-state index in [2.05, 4.69) is 215 Å². The third-order valence-electron chi connectivity index (χ3n) is 11.7. The summed E-state index contributed by atoms with van der Waals surface area (Å²) in [5.41, 5.74) is 11.5. The van der Waals surface area contributed by atoms with Crippen LogP contribution in [0.1, 0.15) is 0 Å². The maximum absolute atomic E-state index is 5.47. The second-order valence-corrected chi connectivity index (χ2v) is 15.2. The molecule has 280 valence electrons. The number of rotatable bonds is 6. The first kappa shape index (κ1) is 33.9. The van der Waals surface area contributed by atoms with Crippen molar-refractivity contribution in [3.05, 3.63) is 212 Å². The van der Waals surface area contributed by atoms with E-state index in [-0.39, 0.29) is 0 Å². The van der Waals surface area contributed by atoms with Crippen molar-refractivity contribution in [1.29, 1.82) is 0 Å². The molecule has 0 N–H and O–H groups in total. The molecule has 5 nitrogen and oxygen atoms in total. The van der Waals surface area contributed by atoms with Crippen molar-refractivity contribution in [3.8, 4) is 62.2 Å². The average Bonchev–Trinajstić information content (AvgIpc) is 3.90. The second kappa shape index (κ2) is 13.8. The van der Waals surface area contributed by atoms with Gasteiger partial charge >= 0.3 is 0 Å². The first-order chi connectivity index (χ1) is 29.8. The molecule has 0 fully saturated rings. The Kier molecular flexibility index (Phi) is 7.78. The zero-order valence-corrected chi connectivity index (χ0v) is 32.4. The minimum atomic E-state index is 0.681. The zero-order valence-electron chi connectivity index (χ0n) is 32.4. The highest BCUT2D eigenvalue weighted by Crippen LogP contribution is 2.41. The van der Waals surface area contributed by atoms with E-state index < -0.39 is 0 Å². The minimum absolute atomic E-state index is 0.681. The number of nitrogens with zero attached hydrogens (tertiary/aromatic N) is 5. The van der Waals surface area contributed by atoms with Crippen molar-refractivity contribution in [3.63, 3.8) is 0 Å². The summed E-state index contributed by atoms with van der Waals surface area (Å²) in [6, 6.07) is 74.8. The van der Waals surface area contributed by atoms with Gasteiger partial charge in [0, 0.05) is 43.9 Å².